The SMILES string of the molecule is CI.COc1cc2c(cc1O)C=[NH+]CC2. The molecule has 0 radical (unpaired) electrons. The molecule has 82 valence electrons. The monoisotopic (exact) mass is 320 g/mol. The third-order valence-corrected chi connectivity index (χ3v) is 2.24. The second-order valence-corrected chi connectivity index (χ2v) is 3.07. The van der Waals surface area contributed by atoms with Crippen molar-refractivity contribution in [2.75, 3.05) is 18.6 Å². The van der Waals surface area contributed by atoms with E-state index >= 15 is 0 Å². The van der Waals surface area contributed by atoms with Crippen molar-refractivity contribution in [1.82, 2.24) is 0 Å². The van der Waals surface area contributed by atoms with Crippen molar-refractivity contribution in [3.05, 3.63) is 23.3 Å². The van der Waals surface area contributed by atoms with Crippen LogP contribution in [0.3, 0.4) is 0 Å². The quantitative estimate of drug-likeness (QED) is 0.585. The second-order valence-electron chi connectivity index (χ2n) is 3.07. The van der Waals surface area contributed by atoms with Gasteiger partial charge in [-0.25, -0.2) is 4.99 Å². The summed E-state index contributed by atoms with van der Waals surface area (Å²) in [5.41, 5.74) is 2.26. The average molecular weight is 320 g/mol. The Kier molecular flexibility index (Phi) is 4.87. The fourth-order valence-electron chi connectivity index (χ4n) is 1.53. The lowest BCUT2D eigenvalue weighted by atomic mass is 10.0. The summed E-state index contributed by atoms with van der Waals surface area (Å²) >= 11 is 2.15. The van der Waals surface area contributed by atoms with Gasteiger partial charge in [0.15, 0.2) is 17.7 Å². The Morgan fingerprint density at radius 2 is 2.13 bits per heavy atom. The number of phenols is 1. The number of hydrogen-bond acceptors (Lipinski definition) is 2. The highest BCUT2D eigenvalue weighted by Gasteiger charge is 2.13. The number of alkyl halides is 1. The predicted octanol–water partition coefficient (Wildman–Crippen LogP) is 0.508. The molecule has 1 aliphatic heterocycles. The van der Waals surface area contributed by atoms with Gasteiger partial charge in [-0.1, -0.05) is 22.6 Å². The number of rotatable bonds is 1. The van der Waals surface area contributed by atoms with E-state index in [2.05, 4.69) is 27.6 Å². The van der Waals surface area contributed by atoms with Crippen molar-refractivity contribution in [1.29, 1.82) is 0 Å². The van der Waals surface area contributed by atoms with Crippen molar-refractivity contribution in [3.63, 3.8) is 0 Å². The lowest BCUT2D eigenvalue weighted by Gasteiger charge is -2.09. The van der Waals surface area contributed by atoms with Gasteiger partial charge in [0.1, 0.15) is 6.54 Å². The number of phenolic OH excluding ortho intramolecular Hbond substituents is 1. The van der Waals surface area contributed by atoms with Crippen molar-refractivity contribution in [2.45, 2.75) is 6.42 Å². The summed E-state index contributed by atoms with van der Waals surface area (Å²) < 4.78 is 5.03. The Balaban J connectivity index is 0.000000531. The highest BCUT2D eigenvalue weighted by Crippen LogP contribution is 2.28. The summed E-state index contributed by atoms with van der Waals surface area (Å²) in [7, 11) is 1.56. The summed E-state index contributed by atoms with van der Waals surface area (Å²) in [6, 6.07) is 3.61. The van der Waals surface area contributed by atoms with Gasteiger partial charge in [-0.3, -0.25) is 0 Å². The molecule has 0 unspecified atom stereocenters. The fraction of sp³-hybridized carbons (Fsp3) is 0.364. The number of methoxy groups -OCH3 is 1. The molecule has 1 heterocycles. The molecule has 2 rings (SSSR count). The average Bonchev–Trinajstić information content (AvgIpc) is 2.31. The maximum Gasteiger partial charge on any atom is 0.169 e. The first kappa shape index (κ1) is 12.3. The summed E-state index contributed by atoms with van der Waals surface area (Å²) in [5, 5.41) is 9.49. The largest absolute Gasteiger partial charge is 0.504 e. The van der Waals surface area contributed by atoms with Crippen LogP contribution in [-0.4, -0.2) is 29.9 Å². The Bertz CT molecular complexity index is 364. The van der Waals surface area contributed by atoms with Gasteiger partial charge in [-0.05, 0) is 22.6 Å². The van der Waals surface area contributed by atoms with Crippen LogP contribution in [0.4, 0.5) is 0 Å². The molecule has 3 nitrogen and oxygen atoms in total. The molecular formula is C11H15INO2+. The standard InChI is InChI=1S/C10H11NO2.CH3I/c1-13-10-5-7-2-3-11-6-8(7)4-9(10)12;1-2/h4-6,12H,2-3H2,1H3;1H3/p+1. The van der Waals surface area contributed by atoms with Crippen molar-refractivity contribution in [3.8, 4) is 11.5 Å². The van der Waals surface area contributed by atoms with Crippen LogP contribution in [0.25, 0.3) is 0 Å². The first-order valence-electron chi connectivity index (χ1n) is 4.65. The zero-order valence-corrected chi connectivity index (χ0v) is 11.0. The maximum absolute atomic E-state index is 9.49. The Morgan fingerprint density at radius 1 is 1.40 bits per heavy atom. The van der Waals surface area contributed by atoms with E-state index in [4.69, 9.17) is 4.74 Å². The number of halogens is 1. The maximum atomic E-state index is 9.49. The summed E-state index contributed by atoms with van der Waals surface area (Å²) in [6.45, 7) is 0.945. The Morgan fingerprint density at radius 3 is 2.80 bits per heavy atom. The highest BCUT2D eigenvalue weighted by molar-refractivity contribution is 14.1. The molecule has 0 aromatic heterocycles. The molecule has 0 bridgehead atoms. The molecule has 1 aromatic rings. The number of ether oxygens (including phenoxy) is 1. The van der Waals surface area contributed by atoms with Crippen LogP contribution in [0.5, 0.6) is 11.5 Å². The van der Waals surface area contributed by atoms with E-state index in [1.54, 1.807) is 13.2 Å². The van der Waals surface area contributed by atoms with Gasteiger partial charge < -0.3 is 9.84 Å². The van der Waals surface area contributed by atoms with Crippen LogP contribution in [0, 0.1) is 0 Å². The number of fused-ring (bicyclic) bond motifs is 1. The molecule has 0 spiro atoms. The highest BCUT2D eigenvalue weighted by atomic mass is 127. The van der Waals surface area contributed by atoms with Crippen LogP contribution < -0.4 is 9.73 Å². The minimum Gasteiger partial charge on any atom is -0.504 e. The lowest BCUT2D eigenvalue weighted by Crippen LogP contribution is -2.71. The van der Waals surface area contributed by atoms with Crippen molar-refractivity contribution >= 4 is 28.8 Å². The smallest absolute Gasteiger partial charge is 0.169 e. The summed E-state index contributed by atoms with van der Waals surface area (Å²) in [5.74, 6) is 0.746. The molecule has 0 amide bonds. The molecule has 0 atom stereocenters. The predicted molar refractivity (Wildman–Crippen MR) is 69.3 cm³/mol. The Labute approximate surface area is 103 Å². The fourth-order valence-corrected chi connectivity index (χ4v) is 1.53. The molecule has 1 aromatic carbocycles. The van der Waals surface area contributed by atoms with Crippen LogP contribution >= 0.6 is 22.6 Å². The van der Waals surface area contributed by atoms with E-state index < -0.39 is 0 Å². The number of aromatic hydroxyl groups is 1. The van der Waals surface area contributed by atoms with E-state index in [1.165, 1.54) is 5.56 Å². The van der Waals surface area contributed by atoms with Gasteiger partial charge in [0.25, 0.3) is 0 Å². The second kappa shape index (κ2) is 5.95. The van der Waals surface area contributed by atoms with E-state index in [0.29, 0.717) is 5.75 Å². The molecule has 2 N–H and O–H groups in total. The molecular weight excluding hydrogens is 305 g/mol. The topological polar surface area (TPSA) is 43.4 Å². The summed E-state index contributed by atoms with van der Waals surface area (Å²) in [6.07, 6.45) is 2.89. The van der Waals surface area contributed by atoms with Crippen LogP contribution in [-0.2, 0) is 6.42 Å². The number of nitrogens with one attached hydrogen (secondary N) is 1. The first-order chi connectivity index (χ1) is 7.31. The van der Waals surface area contributed by atoms with E-state index in [-0.39, 0.29) is 5.75 Å². The van der Waals surface area contributed by atoms with Gasteiger partial charge >= 0.3 is 0 Å². The first-order valence-corrected chi connectivity index (χ1v) is 6.81. The van der Waals surface area contributed by atoms with Gasteiger partial charge in [0.2, 0.25) is 0 Å². The summed E-state index contributed by atoms with van der Waals surface area (Å²) in [4.78, 5) is 5.10. The minimum absolute atomic E-state index is 0.196. The molecule has 0 saturated carbocycles. The third kappa shape index (κ3) is 2.84. The molecule has 15 heavy (non-hydrogen) atoms. The zero-order valence-electron chi connectivity index (χ0n) is 8.88. The molecule has 0 saturated heterocycles. The molecule has 0 aliphatic carbocycles. The van der Waals surface area contributed by atoms with E-state index in [9.17, 15) is 5.11 Å². The van der Waals surface area contributed by atoms with Gasteiger partial charge in [-0.2, -0.15) is 0 Å². The van der Waals surface area contributed by atoms with E-state index in [0.717, 1.165) is 18.5 Å². The van der Waals surface area contributed by atoms with Crippen LogP contribution in [0.15, 0.2) is 12.1 Å². The van der Waals surface area contributed by atoms with Crippen molar-refractivity contribution < 1.29 is 14.8 Å². The van der Waals surface area contributed by atoms with Gasteiger partial charge in [0.05, 0.1) is 7.11 Å². The van der Waals surface area contributed by atoms with E-state index in [1.807, 2.05) is 17.2 Å². The van der Waals surface area contributed by atoms with Crippen molar-refractivity contribution in [2.24, 2.45) is 0 Å². The van der Waals surface area contributed by atoms with Crippen LogP contribution in [0.2, 0.25) is 0 Å². The van der Waals surface area contributed by atoms with Crippen LogP contribution in [0.1, 0.15) is 11.1 Å². The number of hydrogen-bond donors (Lipinski definition) is 2. The number of benzene rings is 1. The van der Waals surface area contributed by atoms with Gasteiger partial charge in [0, 0.05) is 12.0 Å². The van der Waals surface area contributed by atoms with Gasteiger partial charge in [-0.15, -0.1) is 0 Å². The molecule has 4 heteroatoms. The minimum atomic E-state index is 0.196. The molecule has 1 aliphatic rings. The molecule has 0 fully saturated rings. The third-order valence-electron chi connectivity index (χ3n) is 2.24. The lowest BCUT2D eigenvalue weighted by molar-refractivity contribution is -0.452. The normalized spacial score (nSPS) is 12.5. The Hall–Kier alpha value is -0.780. The zero-order chi connectivity index (χ0) is 11.3.